The van der Waals surface area contributed by atoms with Crippen molar-refractivity contribution < 1.29 is 9.59 Å². The van der Waals surface area contributed by atoms with Gasteiger partial charge in [-0.25, -0.2) is 0 Å². The molecule has 0 aliphatic rings. The van der Waals surface area contributed by atoms with E-state index in [0.29, 0.717) is 17.4 Å². The van der Waals surface area contributed by atoms with E-state index in [9.17, 15) is 9.59 Å². The highest BCUT2D eigenvalue weighted by molar-refractivity contribution is 14.1. The van der Waals surface area contributed by atoms with E-state index in [1.165, 1.54) is 6.07 Å². The SMILES string of the molecule is Cc1c(I)cc(C=O)cc1C(N)=O. The maximum absolute atomic E-state index is 10.9. The van der Waals surface area contributed by atoms with Gasteiger partial charge >= 0.3 is 0 Å². The van der Waals surface area contributed by atoms with E-state index in [1.807, 2.05) is 0 Å². The molecule has 1 rings (SSSR count). The van der Waals surface area contributed by atoms with Gasteiger partial charge in [0.25, 0.3) is 0 Å². The van der Waals surface area contributed by atoms with Crippen LogP contribution in [0.2, 0.25) is 0 Å². The quantitative estimate of drug-likeness (QED) is 0.662. The van der Waals surface area contributed by atoms with Gasteiger partial charge in [0, 0.05) is 14.7 Å². The number of benzene rings is 1. The molecule has 0 aliphatic heterocycles. The highest BCUT2D eigenvalue weighted by Crippen LogP contribution is 2.17. The highest BCUT2D eigenvalue weighted by atomic mass is 127. The summed E-state index contributed by atoms with van der Waals surface area (Å²) in [4.78, 5) is 21.4. The lowest BCUT2D eigenvalue weighted by Gasteiger charge is -2.04. The van der Waals surface area contributed by atoms with Crippen LogP contribution in [0.3, 0.4) is 0 Å². The summed E-state index contributed by atoms with van der Waals surface area (Å²) in [7, 11) is 0. The lowest BCUT2D eigenvalue weighted by molar-refractivity contribution is 0.0999. The molecule has 0 heterocycles. The maximum Gasteiger partial charge on any atom is 0.249 e. The molecule has 2 N–H and O–H groups in total. The Bertz CT molecular complexity index is 374. The van der Waals surface area contributed by atoms with Crippen LogP contribution in [-0.2, 0) is 0 Å². The van der Waals surface area contributed by atoms with Gasteiger partial charge in [0.05, 0.1) is 0 Å². The number of amides is 1. The van der Waals surface area contributed by atoms with Crippen LogP contribution in [-0.4, -0.2) is 12.2 Å². The Labute approximate surface area is 89.5 Å². The molecule has 0 atom stereocenters. The molecule has 1 aromatic rings. The van der Waals surface area contributed by atoms with E-state index >= 15 is 0 Å². The summed E-state index contributed by atoms with van der Waals surface area (Å²) in [5, 5.41) is 0. The predicted octanol–water partition coefficient (Wildman–Crippen LogP) is 1.51. The molecule has 0 fully saturated rings. The third-order valence-corrected chi connectivity index (χ3v) is 2.89. The highest BCUT2D eigenvalue weighted by Gasteiger charge is 2.09. The van der Waals surface area contributed by atoms with Crippen molar-refractivity contribution in [2.45, 2.75) is 6.92 Å². The van der Waals surface area contributed by atoms with Crippen LogP contribution >= 0.6 is 22.6 Å². The smallest absolute Gasteiger partial charge is 0.249 e. The molecule has 0 saturated heterocycles. The lowest BCUT2D eigenvalue weighted by Crippen LogP contribution is -2.13. The number of aldehydes is 1. The van der Waals surface area contributed by atoms with Crippen molar-refractivity contribution in [2.24, 2.45) is 5.73 Å². The first-order valence-corrected chi connectivity index (χ1v) is 4.69. The van der Waals surface area contributed by atoms with Crippen molar-refractivity contribution in [2.75, 3.05) is 0 Å². The number of hydrogen-bond donors (Lipinski definition) is 1. The molecule has 1 aromatic carbocycles. The second-order valence-electron chi connectivity index (χ2n) is 2.66. The second kappa shape index (κ2) is 3.87. The fraction of sp³-hybridized carbons (Fsp3) is 0.111. The summed E-state index contributed by atoms with van der Waals surface area (Å²) in [5.74, 6) is -0.501. The molecule has 0 saturated carbocycles. The molecule has 0 spiro atoms. The largest absolute Gasteiger partial charge is 0.366 e. The van der Waals surface area contributed by atoms with Crippen LogP contribution in [0.25, 0.3) is 0 Å². The van der Waals surface area contributed by atoms with Gasteiger partial charge < -0.3 is 5.73 Å². The fourth-order valence-corrected chi connectivity index (χ4v) is 1.67. The topological polar surface area (TPSA) is 60.2 Å². The van der Waals surface area contributed by atoms with Crippen LogP contribution in [0.5, 0.6) is 0 Å². The number of carbonyl (C=O) groups excluding carboxylic acids is 2. The van der Waals surface area contributed by atoms with Crippen LogP contribution in [0.4, 0.5) is 0 Å². The first kappa shape index (κ1) is 10.2. The van der Waals surface area contributed by atoms with Gasteiger partial charge in [-0.3, -0.25) is 9.59 Å². The minimum Gasteiger partial charge on any atom is -0.366 e. The first-order valence-electron chi connectivity index (χ1n) is 3.61. The molecule has 0 radical (unpaired) electrons. The number of nitrogens with two attached hydrogens (primary N) is 1. The first-order chi connectivity index (χ1) is 6.06. The summed E-state index contributed by atoms with van der Waals surface area (Å²) in [6.45, 7) is 1.80. The minimum absolute atomic E-state index is 0.411. The van der Waals surface area contributed by atoms with Crippen molar-refractivity contribution in [1.82, 2.24) is 0 Å². The number of halogens is 1. The monoisotopic (exact) mass is 289 g/mol. The molecule has 68 valence electrons. The molecule has 0 aromatic heterocycles. The Hall–Kier alpha value is -0.910. The molecule has 13 heavy (non-hydrogen) atoms. The van der Waals surface area contributed by atoms with Gasteiger partial charge in [0.1, 0.15) is 6.29 Å². The molecular weight excluding hydrogens is 281 g/mol. The Morgan fingerprint density at radius 3 is 2.62 bits per heavy atom. The van der Waals surface area contributed by atoms with E-state index < -0.39 is 5.91 Å². The van der Waals surface area contributed by atoms with Crippen molar-refractivity contribution in [1.29, 1.82) is 0 Å². The van der Waals surface area contributed by atoms with E-state index in [0.717, 1.165) is 9.13 Å². The molecule has 0 aliphatic carbocycles. The van der Waals surface area contributed by atoms with Crippen LogP contribution in [0.1, 0.15) is 26.3 Å². The van der Waals surface area contributed by atoms with E-state index in [1.54, 1.807) is 13.0 Å². The third-order valence-electron chi connectivity index (χ3n) is 1.77. The lowest BCUT2D eigenvalue weighted by atomic mass is 10.1. The van der Waals surface area contributed by atoms with Gasteiger partial charge in [-0.1, -0.05) is 0 Å². The average Bonchev–Trinajstić information content (AvgIpc) is 2.09. The summed E-state index contributed by atoms with van der Waals surface area (Å²) in [6.07, 6.45) is 0.702. The number of carbonyl (C=O) groups is 2. The standard InChI is InChI=1S/C9H8INO2/c1-5-7(9(11)13)2-6(4-12)3-8(5)10/h2-4H,1H3,(H2,11,13). The Morgan fingerprint density at radius 2 is 2.15 bits per heavy atom. The van der Waals surface area contributed by atoms with Gasteiger partial charge in [-0.05, 0) is 47.2 Å². The molecular formula is C9H8INO2. The molecule has 3 nitrogen and oxygen atoms in total. The predicted molar refractivity (Wildman–Crippen MR) is 57.8 cm³/mol. The second-order valence-corrected chi connectivity index (χ2v) is 3.82. The normalized spacial score (nSPS) is 9.69. The summed E-state index contributed by atoms with van der Waals surface area (Å²) < 4.78 is 0.871. The molecule has 0 unspecified atom stereocenters. The van der Waals surface area contributed by atoms with Crippen molar-refractivity contribution in [3.63, 3.8) is 0 Å². The Balaban J connectivity index is 3.41. The van der Waals surface area contributed by atoms with E-state index in [4.69, 9.17) is 5.73 Å². The van der Waals surface area contributed by atoms with Crippen molar-refractivity contribution >= 4 is 34.8 Å². The average molecular weight is 289 g/mol. The van der Waals surface area contributed by atoms with E-state index in [-0.39, 0.29) is 0 Å². The molecule has 0 bridgehead atoms. The van der Waals surface area contributed by atoms with Crippen molar-refractivity contribution in [3.8, 4) is 0 Å². The maximum atomic E-state index is 10.9. The summed E-state index contributed by atoms with van der Waals surface area (Å²) >= 11 is 2.07. The molecule has 4 heteroatoms. The Morgan fingerprint density at radius 1 is 1.54 bits per heavy atom. The van der Waals surface area contributed by atoms with Crippen LogP contribution in [0, 0.1) is 10.5 Å². The van der Waals surface area contributed by atoms with Crippen LogP contribution < -0.4 is 5.73 Å². The van der Waals surface area contributed by atoms with Crippen molar-refractivity contribution in [3.05, 3.63) is 32.4 Å². The van der Waals surface area contributed by atoms with Gasteiger partial charge in [0.2, 0.25) is 5.91 Å². The van der Waals surface area contributed by atoms with Gasteiger partial charge in [0.15, 0.2) is 0 Å². The molecule has 1 amide bonds. The number of rotatable bonds is 2. The summed E-state index contributed by atoms with van der Waals surface area (Å²) in [5.41, 5.74) is 6.85. The Kier molecular flexibility index (Phi) is 3.02. The van der Waals surface area contributed by atoms with Gasteiger partial charge in [-0.15, -0.1) is 0 Å². The van der Waals surface area contributed by atoms with Crippen LogP contribution in [0.15, 0.2) is 12.1 Å². The fourth-order valence-electron chi connectivity index (χ4n) is 1.02. The van der Waals surface area contributed by atoms with E-state index in [2.05, 4.69) is 22.6 Å². The zero-order valence-corrected chi connectivity index (χ0v) is 9.16. The minimum atomic E-state index is -0.501. The zero-order chi connectivity index (χ0) is 10.0. The number of hydrogen-bond acceptors (Lipinski definition) is 2. The third kappa shape index (κ3) is 2.06. The summed E-state index contributed by atoms with van der Waals surface area (Å²) in [6, 6.07) is 3.22. The van der Waals surface area contributed by atoms with Gasteiger partial charge in [-0.2, -0.15) is 0 Å². The number of primary amides is 1. The zero-order valence-electron chi connectivity index (χ0n) is 7.00.